The van der Waals surface area contributed by atoms with Gasteiger partial charge >= 0.3 is 29.6 Å². The summed E-state index contributed by atoms with van der Waals surface area (Å²) >= 11 is 8.06. The number of thiocarbonyl (C=S) groups is 1. The van der Waals surface area contributed by atoms with Crippen LogP contribution < -0.4 is 34.7 Å². The topological polar surface area (TPSA) is 87.1 Å². The molecule has 3 fully saturated rings. The van der Waals surface area contributed by atoms with Gasteiger partial charge in [-0.15, -0.1) is 11.8 Å². The number of nitrogens with zero attached hydrogens (tertiary/aromatic N) is 3. The van der Waals surface area contributed by atoms with Gasteiger partial charge in [0.1, 0.15) is 10.4 Å². The molecule has 0 aliphatic carbocycles. The summed E-state index contributed by atoms with van der Waals surface area (Å²) < 4.78 is 0.700. The van der Waals surface area contributed by atoms with Crippen molar-refractivity contribution in [2.24, 2.45) is 5.92 Å². The smallest absolute Gasteiger partial charge is 0.547 e. The van der Waals surface area contributed by atoms with E-state index in [1.54, 1.807) is 12.3 Å². The maximum Gasteiger partial charge on any atom is 1.00 e. The number of carbonyl (C=O) groups excluding carboxylic acids is 2. The molecule has 26 heavy (non-hydrogen) atoms. The van der Waals surface area contributed by atoms with Gasteiger partial charge in [-0.1, -0.05) is 24.0 Å². The molecule has 1 N–H and O–H groups in total. The van der Waals surface area contributed by atoms with Crippen molar-refractivity contribution in [3.05, 3.63) is 10.3 Å². The van der Waals surface area contributed by atoms with Crippen molar-refractivity contribution in [1.82, 2.24) is 14.7 Å². The normalized spacial score (nSPS) is 31.3. The molecule has 0 aromatic rings. The molecule has 3 aliphatic rings. The van der Waals surface area contributed by atoms with Crippen molar-refractivity contribution in [3.8, 4) is 0 Å². The third-order valence-corrected chi connectivity index (χ3v) is 7.61. The first-order chi connectivity index (χ1) is 11.8. The van der Waals surface area contributed by atoms with E-state index in [1.807, 2.05) is 0 Å². The van der Waals surface area contributed by atoms with Crippen molar-refractivity contribution < 1.29 is 49.4 Å². The van der Waals surface area contributed by atoms with Gasteiger partial charge in [-0.2, -0.15) is 0 Å². The molecule has 0 aromatic heterocycles. The van der Waals surface area contributed by atoms with Crippen molar-refractivity contribution in [2.75, 3.05) is 33.2 Å². The van der Waals surface area contributed by atoms with Gasteiger partial charge in [-0.25, -0.2) is 0 Å². The van der Waals surface area contributed by atoms with Gasteiger partial charge in [0.05, 0.1) is 23.4 Å². The molecule has 3 aliphatic heterocycles. The molecule has 3 heterocycles. The molecule has 11 heteroatoms. The minimum Gasteiger partial charge on any atom is -0.547 e. The third-order valence-electron chi connectivity index (χ3n) is 4.71. The van der Waals surface area contributed by atoms with E-state index in [-0.39, 0.29) is 40.8 Å². The summed E-state index contributed by atoms with van der Waals surface area (Å²) in [7, 11) is 2.06. The zero-order chi connectivity index (χ0) is 18.3. The molecule has 138 valence electrons. The maximum atomic E-state index is 12.2. The summed E-state index contributed by atoms with van der Waals surface area (Å²) in [5, 5.41) is 22.6. The van der Waals surface area contributed by atoms with E-state index >= 15 is 0 Å². The zero-order valence-corrected chi connectivity index (χ0v) is 19.4. The number of thioether (sulfide) groups is 2. The standard InChI is InChI=1S/C15H21N3O4S3.Na/c1-8(19)10-12(20)18-11(14(21)22)9(25-13(10)18)7-24-15(23)17-5-3-16(2)4-6-17;/h7-8,10-11,13,19H,3-6H2,1-2H3,(H,21,22);/q;+1/p-1/t8-,10+,11?,13-;/m1./s1. The number of carboxylic acid groups (broad SMARTS) is 1. The molecule has 1 amide bonds. The van der Waals surface area contributed by atoms with E-state index in [2.05, 4.69) is 16.8 Å². The Balaban J connectivity index is 0.00000243. The van der Waals surface area contributed by atoms with Crippen LogP contribution in [0.3, 0.4) is 0 Å². The second kappa shape index (κ2) is 9.13. The van der Waals surface area contributed by atoms with Gasteiger partial charge in [0.25, 0.3) is 0 Å². The summed E-state index contributed by atoms with van der Waals surface area (Å²) in [6.07, 6.45) is -0.804. The number of hydrogen-bond donors (Lipinski definition) is 1. The Hall–Kier alpha value is 0.190. The fourth-order valence-electron chi connectivity index (χ4n) is 3.19. The maximum absolute atomic E-state index is 12.2. The molecule has 0 spiro atoms. The van der Waals surface area contributed by atoms with E-state index in [4.69, 9.17) is 12.2 Å². The predicted octanol–water partition coefficient (Wildman–Crippen LogP) is -3.87. The number of amides is 1. The Morgan fingerprint density at radius 3 is 2.58 bits per heavy atom. The van der Waals surface area contributed by atoms with E-state index in [1.165, 1.54) is 28.4 Å². The number of rotatable bonds is 3. The molecular formula is C15H20N3NaO4S3. The van der Waals surface area contributed by atoms with Gasteiger partial charge in [0, 0.05) is 31.1 Å². The SMILES string of the molecule is C[C@@H](O)[C@H]1C(=O)N2C(C(=O)[O-])C(=CSC(=S)N3CCN(C)CC3)S[C@H]12.[Na+]. The van der Waals surface area contributed by atoms with Crippen molar-refractivity contribution in [3.63, 3.8) is 0 Å². The molecule has 0 radical (unpaired) electrons. The molecule has 4 atom stereocenters. The first kappa shape index (κ1) is 22.5. The van der Waals surface area contributed by atoms with E-state index in [0.717, 1.165) is 26.2 Å². The summed E-state index contributed by atoms with van der Waals surface area (Å²) in [5.41, 5.74) is 0. The number of aliphatic carboxylic acids is 1. The van der Waals surface area contributed by atoms with Crippen molar-refractivity contribution >= 4 is 51.9 Å². The monoisotopic (exact) mass is 425 g/mol. The molecule has 7 nitrogen and oxygen atoms in total. The third kappa shape index (κ3) is 4.27. The molecule has 0 bridgehead atoms. The average molecular weight is 426 g/mol. The van der Waals surface area contributed by atoms with E-state index in [9.17, 15) is 19.8 Å². The van der Waals surface area contributed by atoms with Crippen molar-refractivity contribution in [2.45, 2.75) is 24.4 Å². The molecule has 3 rings (SSSR count). The number of carbonyl (C=O) groups is 2. The molecule has 1 unspecified atom stereocenters. The summed E-state index contributed by atoms with van der Waals surface area (Å²) in [6, 6.07) is -1.08. The van der Waals surface area contributed by atoms with Crippen LogP contribution >= 0.6 is 35.7 Å². The van der Waals surface area contributed by atoms with Crippen LogP contribution in [0.15, 0.2) is 10.3 Å². The second-order valence-corrected chi connectivity index (χ2v) is 9.13. The summed E-state index contributed by atoms with van der Waals surface area (Å²) in [5.74, 6) is -2.20. The number of β-lactam (4-membered cyclic amide) rings is 1. The Morgan fingerprint density at radius 2 is 2.04 bits per heavy atom. The number of aliphatic hydroxyl groups is 1. The van der Waals surface area contributed by atoms with Crippen LogP contribution in [0.2, 0.25) is 0 Å². The molecule has 3 saturated heterocycles. The summed E-state index contributed by atoms with van der Waals surface area (Å²) in [6.45, 7) is 5.12. The number of fused-ring (bicyclic) bond motifs is 1. The largest absolute Gasteiger partial charge is 1.00 e. The molecule has 0 aromatic carbocycles. The van der Waals surface area contributed by atoms with E-state index in [0.29, 0.717) is 9.23 Å². The molecule has 0 saturated carbocycles. The first-order valence-corrected chi connectivity index (χ1v) is 10.2. The Bertz CT molecular complexity index is 625. The van der Waals surface area contributed by atoms with E-state index < -0.39 is 24.0 Å². The zero-order valence-electron chi connectivity index (χ0n) is 15.0. The quantitative estimate of drug-likeness (QED) is 0.277. The van der Waals surface area contributed by atoms with Gasteiger partial charge in [0.2, 0.25) is 5.91 Å². The fourth-order valence-corrected chi connectivity index (χ4v) is 6.01. The van der Waals surface area contributed by atoms with Crippen molar-refractivity contribution in [1.29, 1.82) is 0 Å². The second-order valence-electron chi connectivity index (χ2n) is 6.44. The Morgan fingerprint density at radius 1 is 1.42 bits per heavy atom. The first-order valence-electron chi connectivity index (χ1n) is 8.03. The van der Waals surface area contributed by atoms with Crippen LogP contribution in [0.1, 0.15) is 6.92 Å². The van der Waals surface area contributed by atoms with Gasteiger partial charge in [-0.3, -0.25) is 4.79 Å². The predicted molar refractivity (Wildman–Crippen MR) is 99.5 cm³/mol. The van der Waals surface area contributed by atoms with Gasteiger partial charge < -0.3 is 29.7 Å². The fraction of sp³-hybridized carbons (Fsp3) is 0.667. The number of carboxylic acids is 1. The minimum absolute atomic E-state index is 0. The minimum atomic E-state index is -1.30. The van der Waals surface area contributed by atoms with Crippen LogP contribution in [-0.4, -0.2) is 86.7 Å². The number of piperazine rings is 1. The van der Waals surface area contributed by atoms with Crippen LogP contribution in [0.25, 0.3) is 0 Å². The van der Waals surface area contributed by atoms with Gasteiger partial charge in [0.15, 0.2) is 0 Å². The van der Waals surface area contributed by atoms with Crippen LogP contribution in [0, 0.1) is 5.92 Å². The summed E-state index contributed by atoms with van der Waals surface area (Å²) in [4.78, 5) is 29.8. The number of likely N-dealkylation sites (N-methyl/N-ethyl adjacent to an activating group) is 1. The Labute approximate surface area is 188 Å². The number of hydrogen-bond acceptors (Lipinski definition) is 8. The van der Waals surface area contributed by atoms with Crippen LogP contribution in [0.5, 0.6) is 0 Å². The molecular weight excluding hydrogens is 405 g/mol. The van der Waals surface area contributed by atoms with Gasteiger partial charge in [-0.05, 0) is 19.4 Å². The van der Waals surface area contributed by atoms with Crippen LogP contribution in [-0.2, 0) is 9.59 Å². The number of aliphatic hydroxyl groups excluding tert-OH is 1. The Kier molecular flexibility index (Phi) is 7.89. The average Bonchev–Trinajstić information content (AvgIpc) is 2.87. The van der Waals surface area contributed by atoms with Crippen LogP contribution in [0.4, 0.5) is 0 Å².